The zero-order chi connectivity index (χ0) is 37.5. The molecule has 0 bridgehead atoms. The summed E-state index contributed by atoms with van der Waals surface area (Å²) in [5.41, 5.74) is 10.1. The third-order valence-electron chi connectivity index (χ3n) is 11.5. The predicted octanol–water partition coefficient (Wildman–Crippen LogP) is 14.9. The molecule has 0 radical (unpaired) electrons. The fourth-order valence-corrected chi connectivity index (χ4v) is 8.74. The van der Waals surface area contributed by atoms with Crippen LogP contribution < -0.4 is 9.80 Å². The highest BCUT2D eigenvalue weighted by Crippen LogP contribution is 2.51. The molecular formula is C54H40N2. The molecule has 0 aliphatic rings. The van der Waals surface area contributed by atoms with Crippen LogP contribution in [0.1, 0.15) is 23.6 Å². The van der Waals surface area contributed by atoms with E-state index in [9.17, 15) is 0 Å². The van der Waals surface area contributed by atoms with Crippen molar-refractivity contribution in [2.75, 3.05) is 9.80 Å². The van der Waals surface area contributed by atoms with E-state index in [1.807, 2.05) is 0 Å². The van der Waals surface area contributed by atoms with Crippen molar-refractivity contribution in [3.63, 3.8) is 0 Å². The molecular weight excluding hydrogens is 677 g/mol. The first-order valence-corrected chi connectivity index (χ1v) is 19.4. The van der Waals surface area contributed by atoms with Gasteiger partial charge in [0.05, 0.1) is 11.4 Å². The van der Waals surface area contributed by atoms with E-state index in [0.29, 0.717) is 0 Å². The minimum Gasteiger partial charge on any atom is -0.310 e. The fraction of sp³-hybridized carbons (Fsp3) is 0.0370. The van der Waals surface area contributed by atoms with Crippen molar-refractivity contribution in [3.05, 3.63) is 241 Å². The van der Waals surface area contributed by atoms with Crippen molar-refractivity contribution in [2.24, 2.45) is 0 Å². The van der Waals surface area contributed by atoms with Gasteiger partial charge in [-0.25, -0.2) is 0 Å². The lowest BCUT2D eigenvalue weighted by Gasteiger charge is -2.33. The Morgan fingerprint density at radius 1 is 0.304 bits per heavy atom. The first kappa shape index (κ1) is 33.4. The van der Waals surface area contributed by atoms with E-state index in [2.05, 4.69) is 241 Å². The molecule has 56 heavy (non-hydrogen) atoms. The monoisotopic (exact) mass is 716 g/mol. The molecule has 0 heterocycles. The molecule has 2 nitrogen and oxygen atoms in total. The molecule has 0 unspecified atom stereocenters. The second kappa shape index (κ2) is 13.9. The quantitative estimate of drug-likeness (QED) is 0.108. The van der Waals surface area contributed by atoms with Crippen LogP contribution in [0.4, 0.5) is 34.1 Å². The van der Waals surface area contributed by atoms with E-state index in [1.165, 1.54) is 49.0 Å². The predicted molar refractivity (Wildman–Crippen MR) is 238 cm³/mol. The minimum atomic E-state index is -0.363. The summed E-state index contributed by atoms with van der Waals surface area (Å²) in [5.74, 6) is 0. The average Bonchev–Trinajstić information content (AvgIpc) is 3.28. The minimum absolute atomic E-state index is 0.363. The summed E-state index contributed by atoms with van der Waals surface area (Å²) in [7, 11) is 0. The SMILES string of the molecule is CC(c1ccccc1)(c1ccccc1)c1cc2ccc3c(N(c4ccccc4)c4ccccc4)cc(N(c4ccccc4)c4ccccc4)c4ccc(c1)c2c34. The average molecular weight is 717 g/mol. The van der Waals surface area contributed by atoms with Gasteiger partial charge >= 0.3 is 0 Å². The maximum Gasteiger partial charge on any atom is 0.0561 e. The van der Waals surface area contributed by atoms with Gasteiger partial charge in [0.1, 0.15) is 0 Å². The van der Waals surface area contributed by atoms with Crippen LogP contribution in [0.2, 0.25) is 0 Å². The van der Waals surface area contributed by atoms with Gasteiger partial charge in [0.15, 0.2) is 0 Å². The number of hydrogen-bond donors (Lipinski definition) is 0. The van der Waals surface area contributed by atoms with Crippen LogP contribution in [0, 0.1) is 0 Å². The smallest absolute Gasteiger partial charge is 0.0561 e. The highest BCUT2D eigenvalue weighted by molar-refractivity contribution is 6.29. The number of nitrogens with zero attached hydrogens (tertiary/aromatic N) is 2. The molecule has 0 saturated carbocycles. The molecule has 0 saturated heterocycles. The summed E-state index contributed by atoms with van der Waals surface area (Å²) in [4.78, 5) is 4.83. The van der Waals surface area contributed by atoms with Gasteiger partial charge in [-0.3, -0.25) is 0 Å². The normalized spacial score (nSPS) is 11.7. The highest BCUT2D eigenvalue weighted by atomic mass is 15.2. The Kier molecular flexibility index (Phi) is 8.30. The number of rotatable bonds is 9. The second-order valence-electron chi connectivity index (χ2n) is 14.7. The largest absolute Gasteiger partial charge is 0.310 e. The number of anilines is 6. The van der Waals surface area contributed by atoms with Gasteiger partial charge in [-0.2, -0.15) is 0 Å². The standard InChI is InChI=1S/C54H40N2/c1-54(41-20-8-2-9-21-41,42-22-10-3-11-23-42)43-36-39-32-34-48-50(55(44-24-12-4-13-25-44)45-26-14-5-15-27-45)38-51(49-35-33-40(37-43)52(39)53(48)49)56(46-28-16-6-17-29-46)47-30-18-7-19-31-47/h2-38H,1H3. The van der Waals surface area contributed by atoms with Crippen LogP contribution in [0.15, 0.2) is 224 Å². The lowest BCUT2D eigenvalue weighted by atomic mass is 9.70. The van der Waals surface area contributed by atoms with Crippen LogP contribution >= 0.6 is 0 Å². The van der Waals surface area contributed by atoms with Crippen LogP contribution in [0.25, 0.3) is 32.3 Å². The molecule has 0 fully saturated rings. The summed E-state index contributed by atoms with van der Waals surface area (Å²) >= 11 is 0. The lowest BCUT2D eigenvalue weighted by Crippen LogP contribution is -2.25. The van der Waals surface area contributed by atoms with Crippen LogP contribution in [-0.2, 0) is 5.41 Å². The number of benzene rings is 10. The molecule has 10 rings (SSSR count). The van der Waals surface area contributed by atoms with E-state index >= 15 is 0 Å². The maximum absolute atomic E-state index is 2.44. The molecule has 0 aromatic heterocycles. The van der Waals surface area contributed by atoms with Gasteiger partial charge in [-0.05, 0) is 107 Å². The summed E-state index contributed by atoms with van der Waals surface area (Å²) in [5, 5.41) is 7.41. The van der Waals surface area contributed by atoms with Gasteiger partial charge in [0.2, 0.25) is 0 Å². The zero-order valence-corrected chi connectivity index (χ0v) is 31.3. The van der Waals surface area contributed by atoms with E-state index in [0.717, 1.165) is 34.1 Å². The summed E-state index contributed by atoms with van der Waals surface area (Å²) in [6, 6.07) is 81.5. The van der Waals surface area contributed by atoms with Gasteiger partial charge in [-0.15, -0.1) is 0 Å². The first-order chi connectivity index (χ1) is 27.7. The first-order valence-electron chi connectivity index (χ1n) is 19.4. The third kappa shape index (κ3) is 5.58. The summed E-state index contributed by atoms with van der Waals surface area (Å²) in [6.07, 6.45) is 0. The molecule has 0 N–H and O–H groups in total. The second-order valence-corrected chi connectivity index (χ2v) is 14.7. The molecule has 0 atom stereocenters. The van der Waals surface area contributed by atoms with Crippen molar-refractivity contribution in [3.8, 4) is 0 Å². The molecule has 266 valence electrons. The summed E-state index contributed by atoms with van der Waals surface area (Å²) in [6.45, 7) is 2.37. The summed E-state index contributed by atoms with van der Waals surface area (Å²) < 4.78 is 0. The Hall–Kier alpha value is -7.16. The number of para-hydroxylation sites is 4. The van der Waals surface area contributed by atoms with Crippen LogP contribution in [-0.4, -0.2) is 0 Å². The zero-order valence-electron chi connectivity index (χ0n) is 31.3. The topological polar surface area (TPSA) is 6.48 Å². The fourth-order valence-electron chi connectivity index (χ4n) is 8.74. The molecule has 10 aromatic rings. The van der Waals surface area contributed by atoms with E-state index in [4.69, 9.17) is 0 Å². The van der Waals surface area contributed by atoms with Crippen molar-refractivity contribution < 1.29 is 0 Å². The van der Waals surface area contributed by atoms with E-state index in [1.54, 1.807) is 0 Å². The Morgan fingerprint density at radius 3 is 0.964 bits per heavy atom. The van der Waals surface area contributed by atoms with Gasteiger partial charge in [0, 0.05) is 44.3 Å². The van der Waals surface area contributed by atoms with Gasteiger partial charge in [0.25, 0.3) is 0 Å². The Bertz CT molecular complexity index is 2620. The van der Waals surface area contributed by atoms with Crippen molar-refractivity contribution in [1.29, 1.82) is 0 Å². The molecule has 2 heteroatoms. The molecule has 0 spiro atoms. The number of hydrogen-bond acceptors (Lipinski definition) is 2. The molecule has 10 aromatic carbocycles. The van der Waals surface area contributed by atoms with E-state index < -0.39 is 0 Å². The highest BCUT2D eigenvalue weighted by Gasteiger charge is 2.32. The van der Waals surface area contributed by atoms with Crippen LogP contribution in [0.5, 0.6) is 0 Å². The Balaban J connectivity index is 1.32. The Morgan fingerprint density at radius 2 is 0.625 bits per heavy atom. The van der Waals surface area contributed by atoms with Crippen molar-refractivity contribution in [1.82, 2.24) is 0 Å². The van der Waals surface area contributed by atoms with E-state index in [-0.39, 0.29) is 5.41 Å². The third-order valence-corrected chi connectivity index (χ3v) is 11.5. The maximum atomic E-state index is 2.44. The van der Waals surface area contributed by atoms with Crippen LogP contribution in [0.3, 0.4) is 0 Å². The Labute approximate surface area is 328 Å². The lowest BCUT2D eigenvalue weighted by molar-refractivity contribution is 0.694. The molecule has 0 aliphatic heterocycles. The van der Waals surface area contributed by atoms with Crippen molar-refractivity contribution in [2.45, 2.75) is 12.3 Å². The van der Waals surface area contributed by atoms with Gasteiger partial charge in [-0.1, -0.05) is 158 Å². The van der Waals surface area contributed by atoms with Gasteiger partial charge < -0.3 is 9.80 Å². The molecule has 0 amide bonds. The molecule has 0 aliphatic carbocycles. The van der Waals surface area contributed by atoms with Crippen molar-refractivity contribution >= 4 is 66.4 Å².